The Morgan fingerprint density at radius 1 is 1.24 bits per heavy atom. The fraction of sp³-hybridized carbons (Fsp3) is 0.500. The predicted octanol–water partition coefficient (Wildman–Crippen LogP) is 3.61. The maximum Gasteiger partial charge on any atom is 0.316 e. The van der Waals surface area contributed by atoms with E-state index >= 15 is 0 Å². The van der Waals surface area contributed by atoms with Crippen molar-refractivity contribution in [2.24, 2.45) is 11.3 Å². The van der Waals surface area contributed by atoms with Crippen LogP contribution in [-0.4, -0.2) is 28.9 Å². The van der Waals surface area contributed by atoms with Gasteiger partial charge in [-0.3, -0.25) is 9.59 Å². The van der Waals surface area contributed by atoms with Gasteiger partial charge >= 0.3 is 5.97 Å². The summed E-state index contributed by atoms with van der Waals surface area (Å²) in [5.74, 6) is -2.61. The Labute approximate surface area is 130 Å². The zero-order valence-corrected chi connectivity index (χ0v) is 13.8. The average molecular weight is 312 g/mol. The molecular formula is C16H22ClNO3. The van der Waals surface area contributed by atoms with Crippen LogP contribution in [0.4, 0.5) is 0 Å². The van der Waals surface area contributed by atoms with E-state index < -0.39 is 23.2 Å². The number of aliphatic carboxylic acids is 1. The van der Waals surface area contributed by atoms with Gasteiger partial charge in [0.05, 0.1) is 6.04 Å². The van der Waals surface area contributed by atoms with Crippen LogP contribution in [0.3, 0.4) is 0 Å². The van der Waals surface area contributed by atoms with E-state index in [1.165, 1.54) is 4.90 Å². The molecule has 0 aliphatic carbocycles. The number of carboxylic acids is 1. The highest BCUT2D eigenvalue weighted by molar-refractivity contribution is 6.31. The van der Waals surface area contributed by atoms with Crippen LogP contribution in [0.25, 0.3) is 0 Å². The molecule has 0 fully saturated rings. The molecule has 0 saturated carbocycles. The third-order valence-electron chi connectivity index (χ3n) is 3.64. The molecule has 4 nitrogen and oxygen atoms in total. The van der Waals surface area contributed by atoms with E-state index in [0.29, 0.717) is 5.02 Å². The van der Waals surface area contributed by atoms with Crippen LogP contribution < -0.4 is 0 Å². The zero-order chi connectivity index (χ0) is 16.4. The number of amides is 1. The van der Waals surface area contributed by atoms with Gasteiger partial charge in [0.1, 0.15) is 5.92 Å². The topological polar surface area (TPSA) is 57.6 Å². The van der Waals surface area contributed by atoms with Gasteiger partial charge < -0.3 is 10.0 Å². The fourth-order valence-corrected chi connectivity index (χ4v) is 2.56. The molecule has 1 amide bonds. The van der Waals surface area contributed by atoms with Gasteiger partial charge in [-0.15, -0.1) is 0 Å². The molecule has 0 spiro atoms. The molecule has 0 saturated heterocycles. The second kappa shape index (κ2) is 6.48. The minimum absolute atomic E-state index is 0.296. The molecule has 2 unspecified atom stereocenters. The molecule has 1 aromatic carbocycles. The Kier molecular flexibility index (Phi) is 5.40. The van der Waals surface area contributed by atoms with Crippen molar-refractivity contribution in [3.63, 3.8) is 0 Å². The first kappa shape index (κ1) is 17.5. The van der Waals surface area contributed by atoms with Crippen LogP contribution in [0.15, 0.2) is 24.3 Å². The van der Waals surface area contributed by atoms with E-state index in [9.17, 15) is 14.7 Å². The van der Waals surface area contributed by atoms with Crippen LogP contribution >= 0.6 is 11.6 Å². The molecule has 1 N–H and O–H groups in total. The summed E-state index contributed by atoms with van der Waals surface area (Å²) in [4.78, 5) is 25.5. The molecule has 5 heteroatoms. The van der Waals surface area contributed by atoms with Gasteiger partial charge in [0.25, 0.3) is 0 Å². The maximum atomic E-state index is 12.6. The largest absolute Gasteiger partial charge is 0.481 e. The number of hydrogen-bond donors (Lipinski definition) is 1. The van der Waals surface area contributed by atoms with E-state index in [0.717, 1.165) is 5.56 Å². The normalized spacial score (nSPS) is 14.4. The molecule has 0 aliphatic rings. The van der Waals surface area contributed by atoms with Crippen LogP contribution in [0.5, 0.6) is 0 Å². The first-order valence-corrected chi connectivity index (χ1v) is 7.19. The number of hydrogen-bond acceptors (Lipinski definition) is 2. The van der Waals surface area contributed by atoms with Crippen molar-refractivity contribution >= 4 is 23.5 Å². The third kappa shape index (κ3) is 3.97. The molecule has 0 heterocycles. The Morgan fingerprint density at radius 2 is 1.76 bits per heavy atom. The molecule has 0 radical (unpaired) electrons. The lowest BCUT2D eigenvalue weighted by atomic mass is 9.79. The summed E-state index contributed by atoms with van der Waals surface area (Å²) >= 11 is 6.15. The van der Waals surface area contributed by atoms with Crippen LogP contribution in [-0.2, 0) is 9.59 Å². The van der Waals surface area contributed by atoms with Gasteiger partial charge in [-0.2, -0.15) is 0 Å². The van der Waals surface area contributed by atoms with Crippen LogP contribution in [0, 0.1) is 11.3 Å². The van der Waals surface area contributed by atoms with Crippen molar-refractivity contribution < 1.29 is 14.7 Å². The maximum absolute atomic E-state index is 12.6. The van der Waals surface area contributed by atoms with Crippen molar-refractivity contribution in [3.8, 4) is 0 Å². The van der Waals surface area contributed by atoms with Crippen molar-refractivity contribution in [1.82, 2.24) is 4.90 Å². The summed E-state index contributed by atoms with van der Waals surface area (Å²) in [7, 11) is 1.61. The quantitative estimate of drug-likeness (QED) is 0.864. The summed E-state index contributed by atoms with van der Waals surface area (Å²) in [5, 5.41) is 9.92. The molecule has 0 aromatic heterocycles. The highest BCUT2D eigenvalue weighted by Crippen LogP contribution is 2.32. The minimum Gasteiger partial charge on any atom is -0.481 e. The van der Waals surface area contributed by atoms with Gasteiger partial charge in [-0.1, -0.05) is 50.6 Å². The van der Waals surface area contributed by atoms with Gasteiger partial charge in [-0.25, -0.2) is 0 Å². The zero-order valence-electron chi connectivity index (χ0n) is 13.1. The first-order chi connectivity index (χ1) is 9.57. The van der Waals surface area contributed by atoms with Crippen LogP contribution in [0.2, 0.25) is 5.02 Å². The second-order valence-corrected chi connectivity index (χ2v) is 6.69. The van der Waals surface area contributed by atoms with E-state index in [4.69, 9.17) is 11.6 Å². The Morgan fingerprint density at radius 3 is 2.19 bits per heavy atom. The van der Waals surface area contributed by atoms with Crippen molar-refractivity contribution in [2.45, 2.75) is 33.7 Å². The van der Waals surface area contributed by atoms with E-state index in [1.54, 1.807) is 33.9 Å². The number of halogens is 1. The number of carboxylic acid groups (broad SMARTS) is 1. The predicted molar refractivity (Wildman–Crippen MR) is 83.2 cm³/mol. The molecule has 1 rings (SSSR count). The van der Waals surface area contributed by atoms with E-state index in [1.807, 2.05) is 25.1 Å². The van der Waals surface area contributed by atoms with Gasteiger partial charge in [0.2, 0.25) is 5.91 Å². The van der Waals surface area contributed by atoms with Gasteiger partial charge in [0, 0.05) is 12.1 Å². The van der Waals surface area contributed by atoms with Crippen molar-refractivity contribution in [2.75, 3.05) is 7.05 Å². The summed E-state index contributed by atoms with van der Waals surface area (Å²) in [5.41, 5.74) is 0.144. The lowest BCUT2D eigenvalue weighted by Crippen LogP contribution is -2.44. The Bertz CT molecular complexity index is 537. The molecule has 0 bridgehead atoms. The molecule has 116 valence electrons. The third-order valence-corrected chi connectivity index (χ3v) is 3.99. The highest BCUT2D eigenvalue weighted by atomic mass is 35.5. The molecule has 0 aliphatic heterocycles. The Balaban J connectivity index is 3.07. The first-order valence-electron chi connectivity index (χ1n) is 6.81. The summed E-state index contributed by atoms with van der Waals surface area (Å²) in [6.07, 6.45) is 0. The second-order valence-electron chi connectivity index (χ2n) is 6.28. The van der Waals surface area contributed by atoms with Gasteiger partial charge in [-0.05, 0) is 24.0 Å². The number of benzene rings is 1. The SMILES string of the molecule is CC(c1ccccc1Cl)N(C)C(=O)C(C(=O)O)C(C)(C)C. The summed E-state index contributed by atoms with van der Waals surface area (Å²) in [6, 6.07) is 6.95. The molecule has 21 heavy (non-hydrogen) atoms. The monoisotopic (exact) mass is 311 g/mol. The standard InChI is InChI=1S/C16H22ClNO3/c1-10(11-8-6-7-9-12(11)17)18(5)14(19)13(15(20)21)16(2,3)4/h6-10,13H,1-5H3,(H,20,21). The van der Waals surface area contributed by atoms with Crippen LogP contribution in [0.1, 0.15) is 39.3 Å². The van der Waals surface area contributed by atoms with Crippen molar-refractivity contribution in [3.05, 3.63) is 34.9 Å². The van der Waals surface area contributed by atoms with Gasteiger partial charge in [0.15, 0.2) is 0 Å². The summed E-state index contributed by atoms with van der Waals surface area (Å²) < 4.78 is 0. The van der Waals surface area contributed by atoms with E-state index in [2.05, 4.69) is 0 Å². The number of carbonyl (C=O) groups is 2. The Hall–Kier alpha value is -1.55. The lowest BCUT2D eigenvalue weighted by molar-refractivity contribution is -0.156. The lowest BCUT2D eigenvalue weighted by Gasteiger charge is -2.33. The minimum atomic E-state index is -1.11. The average Bonchev–Trinajstić information content (AvgIpc) is 2.35. The highest BCUT2D eigenvalue weighted by Gasteiger charge is 2.40. The molecular weight excluding hydrogens is 290 g/mol. The molecule has 1 aromatic rings. The number of nitrogens with zero attached hydrogens (tertiary/aromatic N) is 1. The number of rotatable bonds is 4. The number of carbonyl (C=O) groups excluding carboxylic acids is 1. The van der Waals surface area contributed by atoms with E-state index in [-0.39, 0.29) is 6.04 Å². The fourth-order valence-electron chi connectivity index (χ4n) is 2.26. The summed E-state index contributed by atoms with van der Waals surface area (Å²) in [6.45, 7) is 7.08. The molecule has 2 atom stereocenters. The van der Waals surface area contributed by atoms with Crippen molar-refractivity contribution in [1.29, 1.82) is 0 Å². The smallest absolute Gasteiger partial charge is 0.316 e.